The highest BCUT2D eigenvalue weighted by Gasteiger charge is 2.16. The Balaban J connectivity index is 1.59. The summed E-state index contributed by atoms with van der Waals surface area (Å²) in [5.74, 6) is 0.839. The maximum atomic E-state index is 4.48. The fourth-order valence-electron chi connectivity index (χ4n) is 2.49. The summed E-state index contributed by atoms with van der Waals surface area (Å²) in [4.78, 5) is 6.92. The molecule has 0 radical (unpaired) electrons. The minimum Gasteiger partial charge on any atom is -0.316 e. The van der Waals surface area contributed by atoms with Crippen LogP contribution in [0.2, 0.25) is 0 Å². The molecule has 1 aromatic heterocycles. The molecule has 1 aliphatic rings. The van der Waals surface area contributed by atoms with Gasteiger partial charge in [-0.2, -0.15) is 0 Å². The first-order valence-corrected chi connectivity index (χ1v) is 7.42. The van der Waals surface area contributed by atoms with Gasteiger partial charge in [0.05, 0.1) is 10.7 Å². The Labute approximate surface area is 108 Å². The second kappa shape index (κ2) is 6.47. The number of likely N-dealkylation sites (tertiary alicyclic amines) is 1. The summed E-state index contributed by atoms with van der Waals surface area (Å²) >= 11 is 1.75. The van der Waals surface area contributed by atoms with E-state index in [4.69, 9.17) is 0 Å². The monoisotopic (exact) mass is 253 g/mol. The van der Waals surface area contributed by atoms with Gasteiger partial charge in [-0.25, -0.2) is 4.98 Å². The molecule has 17 heavy (non-hydrogen) atoms. The molecule has 2 heterocycles. The van der Waals surface area contributed by atoms with Crippen molar-refractivity contribution in [1.82, 2.24) is 15.2 Å². The van der Waals surface area contributed by atoms with Crippen LogP contribution in [0.3, 0.4) is 0 Å². The van der Waals surface area contributed by atoms with E-state index in [1.165, 1.54) is 36.6 Å². The second-order valence-electron chi connectivity index (χ2n) is 5.08. The summed E-state index contributed by atoms with van der Waals surface area (Å²) in [6, 6.07) is 0. The number of thiazole rings is 1. The Hall–Kier alpha value is -0.450. The van der Waals surface area contributed by atoms with Crippen LogP contribution in [0.1, 0.15) is 23.5 Å². The highest BCUT2D eigenvalue weighted by atomic mass is 32.1. The summed E-state index contributed by atoms with van der Waals surface area (Å²) in [5, 5.41) is 6.92. The summed E-state index contributed by atoms with van der Waals surface area (Å²) < 4.78 is 0. The van der Waals surface area contributed by atoms with E-state index in [0.29, 0.717) is 0 Å². The summed E-state index contributed by atoms with van der Waals surface area (Å²) in [6.45, 7) is 6.81. The zero-order valence-corrected chi connectivity index (χ0v) is 11.7. The molecule has 0 bridgehead atoms. The van der Waals surface area contributed by atoms with Crippen molar-refractivity contribution in [2.75, 3.05) is 33.2 Å². The van der Waals surface area contributed by atoms with Crippen molar-refractivity contribution in [3.63, 3.8) is 0 Å². The predicted octanol–water partition coefficient (Wildman–Crippen LogP) is 1.93. The van der Waals surface area contributed by atoms with E-state index < -0.39 is 0 Å². The average Bonchev–Trinajstić information content (AvgIpc) is 2.71. The number of nitrogens with one attached hydrogen (secondary N) is 1. The SMILES string of the molecule is Cc1nc(CCNCC2CCCN(C)C2)cs1. The molecule has 2 rings (SSSR count). The van der Waals surface area contributed by atoms with Crippen molar-refractivity contribution in [2.45, 2.75) is 26.2 Å². The van der Waals surface area contributed by atoms with E-state index in [0.717, 1.165) is 25.4 Å². The van der Waals surface area contributed by atoms with Crippen LogP contribution in [0.4, 0.5) is 0 Å². The molecule has 3 nitrogen and oxygen atoms in total. The van der Waals surface area contributed by atoms with E-state index in [1.807, 2.05) is 0 Å². The van der Waals surface area contributed by atoms with Crippen molar-refractivity contribution >= 4 is 11.3 Å². The van der Waals surface area contributed by atoms with Crippen molar-refractivity contribution in [2.24, 2.45) is 5.92 Å². The number of hydrogen-bond acceptors (Lipinski definition) is 4. The Bertz CT molecular complexity index is 337. The molecule has 0 aliphatic carbocycles. The van der Waals surface area contributed by atoms with E-state index in [-0.39, 0.29) is 0 Å². The minimum absolute atomic E-state index is 0.839. The quantitative estimate of drug-likeness (QED) is 0.813. The highest BCUT2D eigenvalue weighted by molar-refractivity contribution is 7.09. The van der Waals surface area contributed by atoms with Gasteiger partial charge in [-0.15, -0.1) is 11.3 Å². The van der Waals surface area contributed by atoms with E-state index in [1.54, 1.807) is 11.3 Å². The molecule has 0 aromatic carbocycles. The second-order valence-corrected chi connectivity index (χ2v) is 6.14. The lowest BCUT2D eigenvalue weighted by Gasteiger charge is -2.29. The van der Waals surface area contributed by atoms with Crippen LogP contribution in [0.15, 0.2) is 5.38 Å². The van der Waals surface area contributed by atoms with Crippen LogP contribution >= 0.6 is 11.3 Å². The minimum atomic E-state index is 0.839. The first kappa shape index (κ1) is 13.0. The van der Waals surface area contributed by atoms with Gasteiger partial charge in [-0.1, -0.05) is 0 Å². The van der Waals surface area contributed by atoms with Crippen molar-refractivity contribution in [1.29, 1.82) is 0 Å². The molecule has 1 unspecified atom stereocenters. The van der Waals surface area contributed by atoms with Crippen LogP contribution in [0, 0.1) is 12.8 Å². The third-order valence-corrected chi connectivity index (χ3v) is 4.20. The van der Waals surface area contributed by atoms with E-state index in [9.17, 15) is 0 Å². The lowest BCUT2D eigenvalue weighted by molar-refractivity contribution is 0.206. The number of aromatic nitrogens is 1. The van der Waals surface area contributed by atoms with E-state index >= 15 is 0 Å². The van der Waals surface area contributed by atoms with Crippen molar-refractivity contribution in [3.8, 4) is 0 Å². The van der Waals surface area contributed by atoms with Gasteiger partial charge < -0.3 is 10.2 Å². The molecular weight excluding hydrogens is 230 g/mol. The van der Waals surface area contributed by atoms with Gasteiger partial charge in [-0.3, -0.25) is 0 Å². The molecule has 1 aromatic rings. The third-order valence-electron chi connectivity index (χ3n) is 3.38. The topological polar surface area (TPSA) is 28.2 Å². The van der Waals surface area contributed by atoms with Crippen molar-refractivity contribution in [3.05, 3.63) is 16.1 Å². The zero-order valence-electron chi connectivity index (χ0n) is 10.9. The lowest BCUT2D eigenvalue weighted by atomic mass is 9.98. The predicted molar refractivity (Wildman–Crippen MR) is 73.6 cm³/mol. The first-order valence-electron chi connectivity index (χ1n) is 6.54. The molecule has 0 amide bonds. The molecule has 0 spiro atoms. The van der Waals surface area contributed by atoms with Crippen LogP contribution < -0.4 is 5.32 Å². The van der Waals surface area contributed by atoms with Gasteiger partial charge in [0.25, 0.3) is 0 Å². The van der Waals surface area contributed by atoms with Gasteiger partial charge >= 0.3 is 0 Å². The highest BCUT2D eigenvalue weighted by Crippen LogP contribution is 2.14. The fraction of sp³-hybridized carbons (Fsp3) is 0.769. The molecule has 1 atom stereocenters. The zero-order chi connectivity index (χ0) is 12.1. The van der Waals surface area contributed by atoms with Gasteiger partial charge in [-0.05, 0) is 45.8 Å². The van der Waals surface area contributed by atoms with Crippen LogP contribution in [0.25, 0.3) is 0 Å². The van der Waals surface area contributed by atoms with Gasteiger partial charge in [0.2, 0.25) is 0 Å². The van der Waals surface area contributed by atoms with Gasteiger partial charge in [0, 0.05) is 24.9 Å². The third kappa shape index (κ3) is 4.37. The smallest absolute Gasteiger partial charge is 0.0897 e. The average molecular weight is 253 g/mol. The maximum Gasteiger partial charge on any atom is 0.0897 e. The Morgan fingerprint density at radius 3 is 3.18 bits per heavy atom. The summed E-state index contributed by atoms with van der Waals surface area (Å²) in [5.41, 5.74) is 1.24. The largest absolute Gasteiger partial charge is 0.316 e. The number of rotatable bonds is 5. The first-order chi connectivity index (χ1) is 8.24. The van der Waals surface area contributed by atoms with Crippen LogP contribution in [0.5, 0.6) is 0 Å². The number of piperidine rings is 1. The normalized spacial score (nSPS) is 21.9. The summed E-state index contributed by atoms with van der Waals surface area (Å²) in [7, 11) is 2.23. The van der Waals surface area contributed by atoms with Crippen molar-refractivity contribution < 1.29 is 0 Å². The Kier molecular flexibility index (Phi) is 4.95. The number of hydrogen-bond donors (Lipinski definition) is 1. The van der Waals surface area contributed by atoms with Crippen LogP contribution in [-0.4, -0.2) is 43.1 Å². The lowest BCUT2D eigenvalue weighted by Crippen LogP contribution is -2.37. The number of nitrogens with zero attached hydrogens (tertiary/aromatic N) is 2. The molecule has 1 N–H and O–H groups in total. The molecule has 1 saturated heterocycles. The van der Waals surface area contributed by atoms with Gasteiger partial charge in [0.15, 0.2) is 0 Å². The molecule has 1 aliphatic heterocycles. The van der Waals surface area contributed by atoms with Gasteiger partial charge in [0.1, 0.15) is 0 Å². The Morgan fingerprint density at radius 2 is 2.47 bits per heavy atom. The van der Waals surface area contributed by atoms with E-state index in [2.05, 4.69) is 34.6 Å². The molecule has 96 valence electrons. The molecule has 0 saturated carbocycles. The molecule has 1 fully saturated rings. The number of aryl methyl sites for hydroxylation is 1. The summed E-state index contributed by atoms with van der Waals surface area (Å²) in [6.07, 6.45) is 3.80. The molecule has 4 heteroatoms. The standard InChI is InChI=1S/C13H23N3S/c1-11-15-13(10-17-11)5-6-14-8-12-4-3-7-16(2)9-12/h10,12,14H,3-9H2,1-2H3. The maximum absolute atomic E-state index is 4.48. The molecular formula is C13H23N3S. The fourth-order valence-corrected chi connectivity index (χ4v) is 3.13. The Morgan fingerprint density at radius 1 is 1.59 bits per heavy atom. The van der Waals surface area contributed by atoms with Crippen LogP contribution in [-0.2, 0) is 6.42 Å².